The zero-order chi connectivity index (χ0) is 19.7. The monoisotopic (exact) mass is 384 g/mol. The van der Waals surface area contributed by atoms with Crippen molar-refractivity contribution in [1.29, 1.82) is 0 Å². The van der Waals surface area contributed by atoms with E-state index >= 15 is 0 Å². The van der Waals surface area contributed by atoms with Crippen molar-refractivity contribution in [2.75, 3.05) is 5.32 Å². The molecule has 4 aromatic rings. The van der Waals surface area contributed by atoms with E-state index in [4.69, 9.17) is 0 Å². The quantitative estimate of drug-likeness (QED) is 0.538. The van der Waals surface area contributed by atoms with Crippen molar-refractivity contribution in [3.05, 3.63) is 78.0 Å². The first-order valence-corrected chi connectivity index (χ1v) is 8.43. The Labute approximate surface area is 158 Å². The summed E-state index contributed by atoms with van der Waals surface area (Å²) in [6.45, 7) is -0.0799. The minimum atomic E-state index is -4.42. The first-order chi connectivity index (χ1) is 13.4. The molecular formula is C20H15F3N4O. The molecule has 0 spiro atoms. The van der Waals surface area contributed by atoms with Gasteiger partial charge in [-0.05, 0) is 42.0 Å². The summed E-state index contributed by atoms with van der Waals surface area (Å²) in [7, 11) is 0. The molecule has 2 aromatic carbocycles. The normalized spacial score (nSPS) is 11.7. The molecule has 2 aromatic heterocycles. The highest BCUT2D eigenvalue weighted by Crippen LogP contribution is 2.31. The standard InChI is InChI=1S/C20H15F3N4O/c21-20(22,23)15-5-2-6-16(10-15)25-19-11-24-18-8-7-17(26-27(18)19)14-4-1-3-13(9-14)12-28/h1-11,25,28H,12H2. The van der Waals surface area contributed by atoms with Crippen LogP contribution in [-0.2, 0) is 12.8 Å². The lowest BCUT2D eigenvalue weighted by Crippen LogP contribution is -2.06. The molecule has 0 fully saturated rings. The van der Waals surface area contributed by atoms with Crippen molar-refractivity contribution in [3.63, 3.8) is 0 Å². The van der Waals surface area contributed by atoms with Gasteiger partial charge < -0.3 is 10.4 Å². The second-order valence-corrected chi connectivity index (χ2v) is 6.19. The molecule has 0 aliphatic heterocycles. The number of nitrogens with zero attached hydrogens (tertiary/aromatic N) is 3. The van der Waals surface area contributed by atoms with Crippen LogP contribution in [0.1, 0.15) is 11.1 Å². The molecule has 0 atom stereocenters. The maximum Gasteiger partial charge on any atom is 0.416 e. The van der Waals surface area contributed by atoms with Crippen LogP contribution in [0, 0.1) is 0 Å². The lowest BCUT2D eigenvalue weighted by Gasteiger charge is -2.10. The van der Waals surface area contributed by atoms with Gasteiger partial charge in [0.25, 0.3) is 0 Å². The van der Waals surface area contributed by atoms with Gasteiger partial charge in [0, 0.05) is 11.3 Å². The third-order valence-electron chi connectivity index (χ3n) is 4.23. The van der Waals surface area contributed by atoms with Crippen molar-refractivity contribution >= 4 is 17.2 Å². The molecule has 28 heavy (non-hydrogen) atoms. The van der Waals surface area contributed by atoms with E-state index in [0.29, 0.717) is 17.2 Å². The third-order valence-corrected chi connectivity index (χ3v) is 4.23. The zero-order valence-corrected chi connectivity index (χ0v) is 14.5. The Bertz CT molecular complexity index is 1140. The molecule has 5 nitrogen and oxygen atoms in total. The minimum absolute atomic E-state index is 0.0799. The number of rotatable bonds is 4. The van der Waals surface area contributed by atoms with Crippen LogP contribution in [0.15, 0.2) is 66.9 Å². The fourth-order valence-electron chi connectivity index (χ4n) is 2.86. The van der Waals surface area contributed by atoms with Gasteiger partial charge in [0.05, 0.1) is 24.1 Å². The Morgan fingerprint density at radius 3 is 2.61 bits per heavy atom. The van der Waals surface area contributed by atoms with Crippen LogP contribution in [0.2, 0.25) is 0 Å². The smallest absolute Gasteiger partial charge is 0.392 e. The second-order valence-electron chi connectivity index (χ2n) is 6.19. The number of alkyl halides is 3. The summed E-state index contributed by atoms with van der Waals surface area (Å²) >= 11 is 0. The maximum absolute atomic E-state index is 12.9. The van der Waals surface area contributed by atoms with E-state index in [1.165, 1.54) is 16.8 Å². The highest BCUT2D eigenvalue weighted by atomic mass is 19.4. The van der Waals surface area contributed by atoms with E-state index in [2.05, 4.69) is 15.4 Å². The van der Waals surface area contributed by atoms with Crippen molar-refractivity contribution in [2.45, 2.75) is 12.8 Å². The highest BCUT2D eigenvalue weighted by Gasteiger charge is 2.30. The van der Waals surface area contributed by atoms with Crippen LogP contribution in [0.5, 0.6) is 0 Å². The van der Waals surface area contributed by atoms with Crippen LogP contribution in [0.4, 0.5) is 24.7 Å². The number of anilines is 2. The molecule has 0 amide bonds. The van der Waals surface area contributed by atoms with Gasteiger partial charge in [0.15, 0.2) is 11.5 Å². The second kappa shape index (κ2) is 6.97. The molecule has 2 N–H and O–H groups in total. The number of nitrogens with one attached hydrogen (secondary N) is 1. The Balaban J connectivity index is 1.71. The largest absolute Gasteiger partial charge is 0.416 e. The van der Waals surface area contributed by atoms with Gasteiger partial charge in [-0.1, -0.05) is 24.3 Å². The molecule has 4 rings (SSSR count). The Morgan fingerprint density at radius 2 is 1.82 bits per heavy atom. The molecule has 0 radical (unpaired) electrons. The third kappa shape index (κ3) is 3.54. The van der Waals surface area contributed by atoms with E-state index in [1.54, 1.807) is 24.3 Å². The minimum Gasteiger partial charge on any atom is -0.392 e. The fourth-order valence-corrected chi connectivity index (χ4v) is 2.86. The number of hydrogen-bond donors (Lipinski definition) is 2. The van der Waals surface area contributed by atoms with Crippen LogP contribution in [0.25, 0.3) is 16.9 Å². The van der Waals surface area contributed by atoms with Crippen LogP contribution < -0.4 is 5.32 Å². The Morgan fingerprint density at radius 1 is 1.00 bits per heavy atom. The molecule has 0 saturated heterocycles. The van der Waals surface area contributed by atoms with Crippen molar-refractivity contribution in [1.82, 2.24) is 14.6 Å². The molecule has 2 heterocycles. The van der Waals surface area contributed by atoms with Crippen molar-refractivity contribution < 1.29 is 18.3 Å². The van der Waals surface area contributed by atoms with Crippen LogP contribution >= 0.6 is 0 Å². The molecule has 0 aliphatic rings. The lowest BCUT2D eigenvalue weighted by molar-refractivity contribution is -0.137. The molecule has 0 bridgehead atoms. The molecule has 0 unspecified atom stereocenters. The molecule has 142 valence electrons. The number of aliphatic hydroxyl groups excluding tert-OH is 1. The topological polar surface area (TPSA) is 62.5 Å². The van der Waals surface area contributed by atoms with Crippen LogP contribution in [-0.4, -0.2) is 19.7 Å². The first-order valence-electron chi connectivity index (χ1n) is 8.43. The van der Waals surface area contributed by atoms with Gasteiger partial charge in [-0.3, -0.25) is 0 Å². The number of hydrogen-bond acceptors (Lipinski definition) is 4. The first kappa shape index (κ1) is 18.0. The average Bonchev–Trinajstić information content (AvgIpc) is 3.09. The van der Waals surface area contributed by atoms with E-state index in [9.17, 15) is 18.3 Å². The fraction of sp³-hybridized carbons (Fsp3) is 0.100. The van der Waals surface area contributed by atoms with Gasteiger partial charge >= 0.3 is 6.18 Å². The maximum atomic E-state index is 12.9. The summed E-state index contributed by atoms with van der Waals surface area (Å²) in [5, 5.41) is 16.8. The number of halogens is 3. The predicted molar refractivity (Wildman–Crippen MR) is 99.1 cm³/mol. The summed E-state index contributed by atoms with van der Waals surface area (Å²) in [5.74, 6) is 0.439. The summed E-state index contributed by atoms with van der Waals surface area (Å²) in [6, 6.07) is 15.8. The Hall–Kier alpha value is -3.39. The number of imidazole rings is 1. The van der Waals surface area contributed by atoms with Gasteiger partial charge in [-0.2, -0.15) is 22.8 Å². The summed E-state index contributed by atoms with van der Waals surface area (Å²) in [6.07, 6.45) is -2.91. The summed E-state index contributed by atoms with van der Waals surface area (Å²) in [5.41, 5.74) is 2.32. The lowest BCUT2D eigenvalue weighted by atomic mass is 10.1. The van der Waals surface area contributed by atoms with E-state index in [-0.39, 0.29) is 12.3 Å². The summed E-state index contributed by atoms with van der Waals surface area (Å²) in [4.78, 5) is 4.23. The van der Waals surface area contributed by atoms with E-state index in [1.807, 2.05) is 18.2 Å². The van der Waals surface area contributed by atoms with E-state index in [0.717, 1.165) is 23.3 Å². The average molecular weight is 384 g/mol. The molecule has 0 saturated carbocycles. The molecule has 0 aliphatic carbocycles. The van der Waals surface area contributed by atoms with Gasteiger partial charge in [0.2, 0.25) is 0 Å². The Kier molecular flexibility index (Phi) is 4.48. The van der Waals surface area contributed by atoms with Crippen molar-refractivity contribution in [3.8, 4) is 11.3 Å². The van der Waals surface area contributed by atoms with Crippen molar-refractivity contribution in [2.24, 2.45) is 0 Å². The number of fused-ring (bicyclic) bond motifs is 1. The zero-order valence-electron chi connectivity index (χ0n) is 14.5. The molecule has 8 heteroatoms. The van der Waals surface area contributed by atoms with E-state index < -0.39 is 11.7 Å². The van der Waals surface area contributed by atoms with Gasteiger partial charge in [-0.15, -0.1) is 0 Å². The molecular weight excluding hydrogens is 369 g/mol. The number of benzene rings is 2. The van der Waals surface area contributed by atoms with Crippen LogP contribution in [0.3, 0.4) is 0 Å². The number of aliphatic hydroxyl groups is 1. The van der Waals surface area contributed by atoms with Gasteiger partial charge in [0.1, 0.15) is 0 Å². The highest BCUT2D eigenvalue weighted by molar-refractivity contribution is 5.64. The SMILES string of the molecule is OCc1cccc(-c2ccc3ncc(Nc4cccc(C(F)(F)F)c4)n3n2)c1. The predicted octanol–water partition coefficient (Wildman–Crippen LogP) is 4.65. The number of aromatic nitrogens is 3. The van der Waals surface area contributed by atoms with Gasteiger partial charge in [-0.25, -0.2) is 4.98 Å². The summed E-state index contributed by atoms with van der Waals surface area (Å²) < 4.78 is 40.3.